The first kappa shape index (κ1) is 24.6. The van der Waals surface area contributed by atoms with Gasteiger partial charge >= 0.3 is 21.6 Å². The average Bonchev–Trinajstić information content (AvgIpc) is 3.11. The molecule has 2 aliphatic rings. The van der Waals surface area contributed by atoms with Gasteiger partial charge in [0.1, 0.15) is 18.2 Å². The lowest BCUT2D eigenvalue weighted by Gasteiger charge is -2.45. The Morgan fingerprint density at radius 3 is 2.58 bits per heavy atom. The molecular weight excluding hydrogens is 519 g/mol. The fraction of sp³-hybridized carbons (Fsp3) is 0.357. The number of carboxylic acids is 1. The minimum absolute atomic E-state index is 0.0469. The number of β-lactam (4-membered cyclic amide) rings is 1. The summed E-state index contributed by atoms with van der Waals surface area (Å²) in [4.78, 5) is 45.3. The monoisotopic (exact) mass is 531 g/mol. The van der Waals surface area contributed by atoms with E-state index in [0.717, 1.165) is 18.4 Å². The van der Waals surface area contributed by atoms with Gasteiger partial charge in [-0.15, -0.1) is 23.1 Å². The van der Waals surface area contributed by atoms with Crippen LogP contribution in [0, 0.1) is 0 Å². The summed E-state index contributed by atoms with van der Waals surface area (Å²) in [5.74, 6) is -5.19. The summed E-state index contributed by atoms with van der Waals surface area (Å²) in [5, 5.41) is 13.8. The molecule has 0 spiro atoms. The number of amides is 2. The van der Waals surface area contributed by atoms with Gasteiger partial charge in [0.05, 0.1) is 11.8 Å². The lowest BCUT2D eigenvalue weighted by molar-refractivity contribution is -0.146. The maximum Gasteiger partial charge on any atom is 0.534 e. The van der Waals surface area contributed by atoms with Crippen LogP contribution in [-0.2, 0) is 33.5 Å². The molecule has 0 aromatic carbocycles. The molecule has 1 unspecified atom stereocenters. The molecule has 0 radical (unpaired) electrons. The van der Waals surface area contributed by atoms with Crippen molar-refractivity contribution in [3.05, 3.63) is 22.5 Å². The number of hydrogen-bond acceptors (Lipinski definition) is 12. The van der Waals surface area contributed by atoms with Gasteiger partial charge in [-0.25, -0.2) is 9.78 Å². The fourth-order valence-corrected chi connectivity index (χ4v) is 5.13. The quantitative estimate of drug-likeness (QED) is 0.141. The van der Waals surface area contributed by atoms with Crippen molar-refractivity contribution in [3.63, 3.8) is 0 Å². The molecule has 2 amide bonds. The Morgan fingerprint density at radius 1 is 1.42 bits per heavy atom. The molecule has 19 heteroatoms. The van der Waals surface area contributed by atoms with Crippen LogP contribution >= 0.6 is 23.1 Å². The number of hydrogen-bond donors (Lipinski definition) is 3. The summed E-state index contributed by atoms with van der Waals surface area (Å²) in [6.07, 6.45) is -0.214. The lowest BCUT2D eigenvalue weighted by atomic mass is 10.1. The van der Waals surface area contributed by atoms with Crippen molar-refractivity contribution in [2.24, 2.45) is 5.16 Å². The number of alkyl halides is 3. The summed E-state index contributed by atoms with van der Waals surface area (Å²) in [6, 6.07) is 0. The summed E-state index contributed by atoms with van der Waals surface area (Å²) >= 11 is 1.52. The lowest BCUT2D eigenvalue weighted by Crippen LogP contribution is -2.58. The Labute approximate surface area is 190 Å². The zero-order chi connectivity index (χ0) is 24.7. The molecule has 2 atom stereocenters. The maximum absolute atomic E-state index is 12.9. The molecule has 1 fully saturated rings. The number of nitrogen functional groups attached to an aromatic ring is 1. The first-order valence-corrected chi connectivity index (χ1v) is 11.6. The molecule has 3 heterocycles. The number of nitrogens with one attached hydrogen (secondary N) is 1. The number of oxime groups is 1. The van der Waals surface area contributed by atoms with Gasteiger partial charge < -0.3 is 25.2 Å². The minimum Gasteiger partial charge on any atom is -0.476 e. The standard InChI is InChI=1S/C14H12F3N5O8S3/c1-29-21-7(4-3-31-13(18)19-4)10(24)20-11-9(30-33(27,28)14(15,16)17)8(12(25)26)22-5(23)2-6(22)32-11/h3,6,11H,2H2,1H3,(H2,18,19)(H,20,24)(H,25,26)/t6-,11?/m0/s1. The van der Waals surface area contributed by atoms with Crippen molar-refractivity contribution in [1.29, 1.82) is 0 Å². The molecular formula is C14H12F3N5O8S3. The zero-order valence-electron chi connectivity index (χ0n) is 16.0. The van der Waals surface area contributed by atoms with Gasteiger partial charge in [-0.1, -0.05) is 5.16 Å². The molecule has 180 valence electrons. The number of rotatable bonds is 7. The van der Waals surface area contributed by atoms with Gasteiger partial charge in [0, 0.05) is 5.38 Å². The van der Waals surface area contributed by atoms with E-state index in [1.165, 1.54) is 5.38 Å². The molecule has 33 heavy (non-hydrogen) atoms. The molecule has 1 aromatic heterocycles. The number of fused-ring (bicyclic) bond motifs is 1. The zero-order valence-corrected chi connectivity index (χ0v) is 18.5. The maximum atomic E-state index is 12.9. The van der Waals surface area contributed by atoms with E-state index in [4.69, 9.17) is 5.73 Å². The number of nitrogens with two attached hydrogens (primary N) is 1. The molecule has 2 aliphatic heterocycles. The van der Waals surface area contributed by atoms with Gasteiger partial charge in [-0.3, -0.25) is 14.5 Å². The van der Waals surface area contributed by atoms with E-state index >= 15 is 0 Å². The second-order valence-electron chi connectivity index (χ2n) is 6.11. The van der Waals surface area contributed by atoms with Crippen LogP contribution in [0.2, 0.25) is 0 Å². The molecule has 3 rings (SSSR count). The first-order valence-electron chi connectivity index (χ1n) is 8.36. The van der Waals surface area contributed by atoms with E-state index in [0.29, 0.717) is 16.7 Å². The third kappa shape index (κ3) is 4.69. The highest BCUT2D eigenvalue weighted by Gasteiger charge is 2.55. The summed E-state index contributed by atoms with van der Waals surface area (Å²) in [5.41, 5.74) is -2.14. The SMILES string of the molecule is CON=C(C(=O)NC1S[C@H]2CC(=O)N2C(C(=O)O)=C1OS(=O)(=O)C(F)(F)F)c1csc(N)n1. The third-order valence-electron chi connectivity index (χ3n) is 4.02. The van der Waals surface area contributed by atoms with E-state index in [9.17, 15) is 41.1 Å². The highest BCUT2D eigenvalue weighted by atomic mass is 32.2. The number of nitrogens with zero attached hydrogens (tertiary/aromatic N) is 3. The number of carbonyl (C=O) groups excluding carboxylic acids is 2. The number of carbonyl (C=O) groups is 3. The second kappa shape index (κ2) is 8.71. The Balaban J connectivity index is 2.04. The molecule has 1 aromatic rings. The number of thioether (sulfide) groups is 1. The van der Waals surface area contributed by atoms with Crippen LogP contribution in [0.4, 0.5) is 18.3 Å². The van der Waals surface area contributed by atoms with Crippen LogP contribution in [0.1, 0.15) is 12.1 Å². The largest absolute Gasteiger partial charge is 0.534 e. The number of carboxylic acid groups (broad SMARTS) is 1. The predicted molar refractivity (Wildman–Crippen MR) is 106 cm³/mol. The highest BCUT2D eigenvalue weighted by Crippen LogP contribution is 2.44. The molecule has 0 saturated carbocycles. The predicted octanol–water partition coefficient (Wildman–Crippen LogP) is -0.0143. The van der Waals surface area contributed by atoms with Gasteiger partial charge in [0.15, 0.2) is 22.3 Å². The molecule has 4 N–H and O–H groups in total. The Kier molecular flexibility index (Phi) is 6.48. The number of aliphatic carboxylic acids is 1. The van der Waals surface area contributed by atoms with Crippen LogP contribution in [0.15, 0.2) is 22.0 Å². The van der Waals surface area contributed by atoms with Crippen LogP contribution in [0.25, 0.3) is 0 Å². The summed E-state index contributed by atoms with van der Waals surface area (Å²) < 4.78 is 66.0. The van der Waals surface area contributed by atoms with Crippen molar-refractivity contribution in [2.45, 2.75) is 22.7 Å². The molecule has 0 aliphatic carbocycles. The second-order valence-corrected chi connectivity index (χ2v) is 9.82. The van der Waals surface area contributed by atoms with E-state index in [1.54, 1.807) is 0 Å². The van der Waals surface area contributed by atoms with E-state index in [-0.39, 0.29) is 17.2 Å². The Bertz CT molecular complexity index is 1180. The normalized spacial score (nSPS) is 21.3. The first-order chi connectivity index (χ1) is 15.3. The van der Waals surface area contributed by atoms with Crippen molar-refractivity contribution in [2.75, 3.05) is 12.8 Å². The Morgan fingerprint density at radius 2 is 2.09 bits per heavy atom. The minimum atomic E-state index is -6.35. The van der Waals surface area contributed by atoms with E-state index < -0.39 is 61.3 Å². The number of halogens is 3. The number of anilines is 1. The molecule has 0 bridgehead atoms. The number of aromatic nitrogens is 1. The Hall–Kier alpha value is -3.06. The van der Waals surface area contributed by atoms with E-state index in [2.05, 4.69) is 24.5 Å². The van der Waals surface area contributed by atoms with Gasteiger partial charge in [-0.05, 0) is 0 Å². The topological polar surface area (TPSA) is 191 Å². The van der Waals surface area contributed by atoms with Crippen molar-refractivity contribution < 1.29 is 50.1 Å². The van der Waals surface area contributed by atoms with Crippen LogP contribution < -0.4 is 11.1 Å². The molecule has 1 saturated heterocycles. The van der Waals surface area contributed by atoms with Crippen LogP contribution in [-0.4, -0.2) is 70.3 Å². The van der Waals surface area contributed by atoms with Crippen LogP contribution in [0.3, 0.4) is 0 Å². The van der Waals surface area contributed by atoms with Crippen LogP contribution in [0.5, 0.6) is 0 Å². The summed E-state index contributed by atoms with van der Waals surface area (Å²) in [6.45, 7) is 0. The van der Waals surface area contributed by atoms with Crippen molar-refractivity contribution >= 4 is 61.8 Å². The average molecular weight is 531 g/mol. The fourth-order valence-electron chi connectivity index (χ4n) is 2.66. The number of thiazole rings is 1. The smallest absolute Gasteiger partial charge is 0.476 e. The van der Waals surface area contributed by atoms with Gasteiger partial charge in [0.25, 0.3) is 5.91 Å². The molecule has 13 nitrogen and oxygen atoms in total. The van der Waals surface area contributed by atoms with E-state index in [1.807, 2.05) is 0 Å². The van der Waals surface area contributed by atoms with Crippen molar-refractivity contribution in [1.82, 2.24) is 15.2 Å². The van der Waals surface area contributed by atoms with Gasteiger partial charge in [-0.2, -0.15) is 21.6 Å². The third-order valence-corrected chi connectivity index (χ3v) is 6.96. The van der Waals surface area contributed by atoms with Gasteiger partial charge in [0.2, 0.25) is 5.91 Å². The summed E-state index contributed by atoms with van der Waals surface area (Å²) in [7, 11) is -5.27. The van der Waals surface area contributed by atoms with Crippen molar-refractivity contribution in [3.8, 4) is 0 Å². The highest BCUT2D eigenvalue weighted by molar-refractivity contribution is 8.00.